The van der Waals surface area contributed by atoms with E-state index in [9.17, 15) is 4.79 Å². The van der Waals surface area contributed by atoms with E-state index in [1.165, 1.54) is 10.4 Å². The van der Waals surface area contributed by atoms with Crippen molar-refractivity contribution >= 4 is 22.9 Å². The van der Waals surface area contributed by atoms with Gasteiger partial charge in [-0.25, -0.2) is 0 Å². The van der Waals surface area contributed by atoms with E-state index < -0.39 is 0 Å². The summed E-state index contributed by atoms with van der Waals surface area (Å²) in [7, 11) is 0. The quantitative estimate of drug-likeness (QED) is 0.777. The summed E-state index contributed by atoms with van der Waals surface area (Å²) in [5, 5.41) is 5.09. The molecule has 1 aliphatic rings. The molecule has 1 unspecified atom stereocenters. The van der Waals surface area contributed by atoms with Gasteiger partial charge >= 0.3 is 0 Å². The Morgan fingerprint density at radius 2 is 2.16 bits per heavy atom. The van der Waals surface area contributed by atoms with Gasteiger partial charge in [0.15, 0.2) is 0 Å². The molecule has 2 aromatic rings. The number of carbonyl (C=O) groups excluding carboxylic acids is 1. The summed E-state index contributed by atoms with van der Waals surface area (Å²) in [5.74, 6) is 0.0267. The second-order valence-electron chi connectivity index (χ2n) is 6.48. The predicted octanol–water partition coefficient (Wildman–Crippen LogP) is 3.93. The van der Waals surface area contributed by atoms with Crippen LogP contribution in [0.15, 0.2) is 41.8 Å². The van der Waals surface area contributed by atoms with Crippen LogP contribution in [0, 0.1) is 0 Å². The van der Waals surface area contributed by atoms with Crippen LogP contribution in [0.2, 0.25) is 0 Å². The molecule has 5 heteroatoms. The number of ether oxygens (including phenoxy) is 1. The lowest BCUT2D eigenvalue weighted by Crippen LogP contribution is -2.37. The van der Waals surface area contributed by atoms with Crippen molar-refractivity contribution in [3.05, 3.63) is 52.2 Å². The number of amides is 1. The standard InChI is InChI=1S/C20H26N2O2S/c1-2-16-7-9-17(10-8-16)21-20(23)15-22(13-18-5-3-11-24-18)14-19-6-4-12-25-19/h4,6-10,12,18H,2-3,5,11,13-15H2,1H3,(H,21,23). The third-order valence-electron chi connectivity index (χ3n) is 4.46. The van der Waals surface area contributed by atoms with Gasteiger partial charge in [0.2, 0.25) is 5.91 Å². The molecule has 1 aromatic carbocycles. The number of aryl methyl sites for hydroxylation is 1. The highest BCUT2D eigenvalue weighted by atomic mass is 32.1. The number of carbonyl (C=O) groups is 1. The maximum Gasteiger partial charge on any atom is 0.238 e. The number of anilines is 1. The highest BCUT2D eigenvalue weighted by molar-refractivity contribution is 7.09. The van der Waals surface area contributed by atoms with Crippen LogP contribution in [-0.4, -0.2) is 36.6 Å². The lowest BCUT2D eigenvalue weighted by atomic mass is 10.1. The zero-order valence-corrected chi connectivity index (χ0v) is 15.6. The molecule has 0 spiro atoms. The van der Waals surface area contributed by atoms with Crippen molar-refractivity contribution in [1.29, 1.82) is 0 Å². The molecule has 1 fully saturated rings. The SMILES string of the molecule is CCc1ccc(NC(=O)CN(Cc2cccs2)CC2CCCO2)cc1. The molecule has 0 saturated carbocycles. The summed E-state index contributed by atoms with van der Waals surface area (Å²) < 4.78 is 5.76. The largest absolute Gasteiger partial charge is 0.377 e. The zero-order chi connectivity index (χ0) is 17.5. The summed E-state index contributed by atoms with van der Waals surface area (Å²) in [6.45, 7) is 4.95. The average Bonchev–Trinajstić information content (AvgIpc) is 3.29. The van der Waals surface area contributed by atoms with E-state index in [1.54, 1.807) is 11.3 Å². The van der Waals surface area contributed by atoms with Crippen LogP contribution in [0.3, 0.4) is 0 Å². The van der Waals surface area contributed by atoms with Crippen LogP contribution < -0.4 is 5.32 Å². The molecule has 1 N–H and O–H groups in total. The van der Waals surface area contributed by atoms with Crippen molar-refractivity contribution in [2.75, 3.05) is 25.0 Å². The Hall–Kier alpha value is -1.69. The molecule has 2 heterocycles. The second-order valence-corrected chi connectivity index (χ2v) is 7.51. The van der Waals surface area contributed by atoms with Crippen molar-refractivity contribution in [3.63, 3.8) is 0 Å². The van der Waals surface area contributed by atoms with E-state index in [2.05, 4.69) is 46.8 Å². The summed E-state index contributed by atoms with van der Waals surface area (Å²) >= 11 is 1.73. The zero-order valence-electron chi connectivity index (χ0n) is 14.7. The van der Waals surface area contributed by atoms with Crippen molar-refractivity contribution < 1.29 is 9.53 Å². The first kappa shape index (κ1) is 18.1. The fourth-order valence-corrected chi connectivity index (χ4v) is 3.86. The summed E-state index contributed by atoms with van der Waals surface area (Å²) in [4.78, 5) is 16.0. The maximum atomic E-state index is 12.5. The summed E-state index contributed by atoms with van der Waals surface area (Å²) in [6, 6.07) is 12.2. The van der Waals surface area contributed by atoms with Gasteiger partial charge in [0.25, 0.3) is 0 Å². The smallest absolute Gasteiger partial charge is 0.238 e. The molecule has 0 aliphatic carbocycles. The van der Waals surface area contributed by atoms with Gasteiger partial charge in [-0.1, -0.05) is 25.1 Å². The number of hydrogen-bond acceptors (Lipinski definition) is 4. The third kappa shape index (κ3) is 5.66. The van der Waals surface area contributed by atoms with Gasteiger partial charge in [0, 0.05) is 30.3 Å². The van der Waals surface area contributed by atoms with Crippen LogP contribution >= 0.6 is 11.3 Å². The number of nitrogens with one attached hydrogen (secondary N) is 1. The van der Waals surface area contributed by atoms with Crippen molar-refractivity contribution in [2.45, 2.75) is 38.8 Å². The first-order valence-electron chi connectivity index (χ1n) is 8.98. The van der Waals surface area contributed by atoms with E-state index >= 15 is 0 Å². The van der Waals surface area contributed by atoms with Crippen LogP contribution in [0.1, 0.15) is 30.2 Å². The van der Waals surface area contributed by atoms with E-state index in [-0.39, 0.29) is 12.0 Å². The van der Waals surface area contributed by atoms with Gasteiger partial charge in [-0.3, -0.25) is 9.69 Å². The Balaban J connectivity index is 1.57. The highest BCUT2D eigenvalue weighted by Gasteiger charge is 2.21. The third-order valence-corrected chi connectivity index (χ3v) is 5.32. The van der Waals surface area contributed by atoms with E-state index in [4.69, 9.17) is 4.74 Å². The van der Waals surface area contributed by atoms with Crippen LogP contribution in [0.5, 0.6) is 0 Å². The molecule has 1 aromatic heterocycles. The Kier molecular flexibility index (Phi) is 6.62. The van der Waals surface area contributed by atoms with Gasteiger partial charge in [-0.2, -0.15) is 0 Å². The molecule has 0 radical (unpaired) electrons. The van der Waals surface area contributed by atoms with Crippen molar-refractivity contribution in [1.82, 2.24) is 4.90 Å². The minimum atomic E-state index is 0.0267. The van der Waals surface area contributed by atoms with E-state index in [0.717, 1.165) is 44.6 Å². The van der Waals surface area contributed by atoms with Crippen molar-refractivity contribution in [3.8, 4) is 0 Å². The molecule has 0 bridgehead atoms. The Morgan fingerprint density at radius 1 is 1.32 bits per heavy atom. The van der Waals surface area contributed by atoms with E-state index in [0.29, 0.717) is 6.54 Å². The van der Waals surface area contributed by atoms with Gasteiger partial charge in [0.05, 0.1) is 12.6 Å². The molecule has 25 heavy (non-hydrogen) atoms. The number of hydrogen-bond donors (Lipinski definition) is 1. The Labute approximate surface area is 153 Å². The fraction of sp³-hybridized carbons (Fsp3) is 0.450. The number of nitrogens with zero attached hydrogens (tertiary/aromatic N) is 1. The first-order valence-corrected chi connectivity index (χ1v) is 9.86. The normalized spacial score (nSPS) is 17.1. The number of thiophene rings is 1. The van der Waals surface area contributed by atoms with Gasteiger partial charge < -0.3 is 10.1 Å². The number of rotatable bonds is 8. The number of benzene rings is 1. The topological polar surface area (TPSA) is 41.6 Å². The minimum absolute atomic E-state index is 0.0267. The van der Waals surface area contributed by atoms with Gasteiger partial charge in [-0.15, -0.1) is 11.3 Å². The maximum absolute atomic E-state index is 12.5. The van der Waals surface area contributed by atoms with Gasteiger partial charge in [-0.05, 0) is 48.4 Å². The molecule has 134 valence electrons. The van der Waals surface area contributed by atoms with Crippen molar-refractivity contribution in [2.24, 2.45) is 0 Å². The highest BCUT2D eigenvalue weighted by Crippen LogP contribution is 2.17. The lowest BCUT2D eigenvalue weighted by Gasteiger charge is -2.24. The molecule has 3 rings (SSSR count). The molecule has 1 aliphatic heterocycles. The minimum Gasteiger partial charge on any atom is -0.377 e. The first-order chi connectivity index (χ1) is 12.2. The molecular formula is C20H26N2O2S. The molecule has 1 saturated heterocycles. The van der Waals surface area contributed by atoms with Crippen LogP contribution in [0.4, 0.5) is 5.69 Å². The summed E-state index contributed by atoms with van der Waals surface area (Å²) in [6.07, 6.45) is 3.45. The molecule has 1 atom stereocenters. The second kappa shape index (κ2) is 9.13. The molecule has 1 amide bonds. The molecular weight excluding hydrogens is 332 g/mol. The lowest BCUT2D eigenvalue weighted by molar-refractivity contribution is -0.117. The van der Waals surface area contributed by atoms with Gasteiger partial charge in [0.1, 0.15) is 0 Å². The Bertz CT molecular complexity index is 649. The predicted molar refractivity (Wildman–Crippen MR) is 103 cm³/mol. The summed E-state index contributed by atoms with van der Waals surface area (Å²) in [5.41, 5.74) is 2.13. The van der Waals surface area contributed by atoms with Crippen LogP contribution in [-0.2, 0) is 22.5 Å². The monoisotopic (exact) mass is 358 g/mol. The van der Waals surface area contributed by atoms with Crippen LogP contribution in [0.25, 0.3) is 0 Å². The molecule has 4 nitrogen and oxygen atoms in total. The Morgan fingerprint density at radius 3 is 2.80 bits per heavy atom. The van der Waals surface area contributed by atoms with E-state index in [1.807, 2.05) is 12.1 Å². The average molecular weight is 359 g/mol. The fourth-order valence-electron chi connectivity index (χ4n) is 3.11.